The van der Waals surface area contributed by atoms with Crippen LogP contribution in [0.3, 0.4) is 0 Å². The summed E-state index contributed by atoms with van der Waals surface area (Å²) < 4.78 is 4.34. The highest BCUT2D eigenvalue weighted by atomic mass is 15.1. The molecule has 98 valence electrons. The van der Waals surface area contributed by atoms with Crippen LogP contribution >= 0.6 is 0 Å². The molecular weight excluding hydrogens is 236 g/mol. The van der Waals surface area contributed by atoms with Gasteiger partial charge in [-0.05, 0) is 23.3 Å². The van der Waals surface area contributed by atoms with Crippen molar-refractivity contribution in [2.75, 3.05) is 0 Å². The van der Waals surface area contributed by atoms with E-state index in [1.165, 1.54) is 12.8 Å². The quantitative estimate of drug-likeness (QED) is 0.654. The van der Waals surface area contributed by atoms with Crippen LogP contribution in [-0.2, 0) is 13.1 Å². The molecule has 0 aliphatic heterocycles. The lowest BCUT2D eigenvalue weighted by molar-refractivity contribution is -0.688. The lowest BCUT2D eigenvalue weighted by Gasteiger charge is -1.99. The number of fused-ring (bicyclic) bond motifs is 1. The Balaban J connectivity index is 1.75. The molecule has 0 N–H and O–H groups in total. The molecule has 3 rings (SSSR count). The lowest BCUT2D eigenvalue weighted by atomic mass is 10.3. The van der Waals surface area contributed by atoms with Gasteiger partial charge in [-0.15, -0.1) is 0 Å². The number of imidazole rings is 2. The van der Waals surface area contributed by atoms with Gasteiger partial charge in [-0.25, -0.2) is 9.13 Å². The summed E-state index contributed by atoms with van der Waals surface area (Å²) in [6, 6.07) is 8.00. The molecule has 0 saturated heterocycles. The summed E-state index contributed by atoms with van der Waals surface area (Å²) in [4.78, 5) is 9.08. The minimum atomic E-state index is 0.730. The molecule has 1 aromatic carbocycles. The Morgan fingerprint density at radius 2 is 2.21 bits per heavy atom. The number of hydrogen-bond acceptors (Lipinski definition) is 1. The minimum Gasteiger partial charge on any atom is -0.436 e. The van der Waals surface area contributed by atoms with Crippen LogP contribution in [0.25, 0.3) is 11.0 Å². The Labute approximate surface area is 112 Å². The van der Waals surface area contributed by atoms with E-state index in [1.807, 2.05) is 24.3 Å². The van der Waals surface area contributed by atoms with Crippen molar-refractivity contribution in [3.63, 3.8) is 0 Å². The maximum absolute atomic E-state index is 4.54. The lowest BCUT2D eigenvalue weighted by Crippen LogP contribution is -2.32. The zero-order chi connectivity index (χ0) is 13.1. The summed E-state index contributed by atoms with van der Waals surface area (Å²) in [5.41, 5.74) is 1.95. The smallest absolute Gasteiger partial charge is 0.244 e. The van der Waals surface area contributed by atoms with E-state index >= 15 is 0 Å². The average Bonchev–Trinajstić information content (AvgIpc) is 3.02. The maximum Gasteiger partial charge on any atom is 0.244 e. The number of rotatable bonds is 5. The molecule has 4 nitrogen and oxygen atoms in total. The first-order valence-corrected chi connectivity index (χ1v) is 6.78. The molecule has 3 aromatic rings. The predicted octanol–water partition coefficient (Wildman–Crippen LogP) is 2.13. The van der Waals surface area contributed by atoms with Crippen molar-refractivity contribution in [1.82, 2.24) is 14.5 Å². The first-order chi connectivity index (χ1) is 9.35. The van der Waals surface area contributed by atoms with Crippen molar-refractivity contribution in [3.8, 4) is 0 Å². The van der Waals surface area contributed by atoms with Crippen LogP contribution in [0.2, 0.25) is 0 Å². The van der Waals surface area contributed by atoms with E-state index in [0.717, 1.165) is 29.9 Å². The molecule has 4 heteroatoms. The monoisotopic (exact) mass is 254 g/mol. The van der Waals surface area contributed by atoms with Crippen molar-refractivity contribution in [2.24, 2.45) is 0 Å². The van der Waals surface area contributed by atoms with Gasteiger partial charge in [0.15, 0.2) is 0 Å². The van der Waals surface area contributed by atoms with Crippen LogP contribution in [-0.4, -0.2) is 9.55 Å². The number of unbranched alkanes of at least 4 members (excludes halogenated alkanes) is 1. The van der Waals surface area contributed by atoms with Gasteiger partial charge < -0.3 is 9.97 Å². The molecule has 2 heterocycles. The largest absolute Gasteiger partial charge is 0.436 e. The zero-order valence-electron chi connectivity index (χ0n) is 11.2. The van der Waals surface area contributed by atoms with Crippen LogP contribution in [0.1, 0.15) is 25.6 Å². The number of hydrogen-bond donors (Lipinski definition) is 0. The molecule has 0 bridgehead atoms. The zero-order valence-corrected chi connectivity index (χ0v) is 11.2. The summed E-state index contributed by atoms with van der Waals surface area (Å²) in [6.45, 7) is 4.02. The SMILES string of the molecule is CCCCn1cc[n+](Cc2nc3ccccc3[n-]2)c1. The molecule has 19 heavy (non-hydrogen) atoms. The summed E-state index contributed by atoms with van der Waals surface area (Å²) >= 11 is 0. The van der Waals surface area contributed by atoms with Gasteiger partial charge in [-0.1, -0.05) is 37.6 Å². The molecule has 0 radical (unpaired) electrons. The van der Waals surface area contributed by atoms with Crippen molar-refractivity contribution in [1.29, 1.82) is 0 Å². The first-order valence-electron chi connectivity index (χ1n) is 6.78. The highest BCUT2D eigenvalue weighted by Gasteiger charge is 2.03. The third-order valence-corrected chi connectivity index (χ3v) is 3.22. The second-order valence-corrected chi connectivity index (χ2v) is 4.81. The van der Waals surface area contributed by atoms with Gasteiger partial charge in [-0.3, -0.25) is 0 Å². The van der Waals surface area contributed by atoms with Crippen molar-refractivity contribution < 1.29 is 4.57 Å². The van der Waals surface area contributed by atoms with Crippen molar-refractivity contribution in [3.05, 3.63) is 48.8 Å². The van der Waals surface area contributed by atoms with Gasteiger partial charge in [0.1, 0.15) is 18.9 Å². The van der Waals surface area contributed by atoms with Gasteiger partial charge in [0.25, 0.3) is 0 Å². The molecule has 2 aromatic heterocycles. The van der Waals surface area contributed by atoms with Crippen LogP contribution < -0.4 is 9.55 Å². The topological polar surface area (TPSA) is 35.8 Å². The average molecular weight is 254 g/mol. The van der Waals surface area contributed by atoms with E-state index in [-0.39, 0.29) is 0 Å². The van der Waals surface area contributed by atoms with Crippen LogP contribution in [0.15, 0.2) is 43.0 Å². The van der Waals surface area contributed by atoms with E-state index in [0.29, 0.717) is 0 Å². The molecule has 0 saturated carbocycles. The Hall–Kier alpha value is -2.10. The maximum atomic E-state index is 4.54. The van der Waals surface area contributed by atoms with Gasteiger partial charge in [-0.2, -0.15) is 0 Å². The highest BCUT2D eigenvalue weighted by molar-refractivity contribution is 5.74. The molecule has 0 fully saturated rings. The minimum absolute atomic E-state index is 0.730. The van der Waals surface area contributed by atoms with E-state index < -0.39 is 0 Å². The van der Waals surface area contributed by atoms with E-state index in [2.05, 4.69) is 44.7 Å². The van der Waals surface area contributed by atoms with E-state index in [1.54, 1.807) is 0 Å². The number of aromatic nitrogens is 4. The molecular formula is C15H18N4. The summed E-state index contributed by atoms with van der Waals surface area (Å²) in [7, 11) is 0. The normalized spacial score (nSPS) is 11.2. The fraction of sp³-hybridized carbons (Fsp3) is 0.333. The van der Waals surface area contributed by atoms with Crippen LogP contribution in [0.4, 0.5) is 0 Å². The van der Waals surface area contributed by atoms with Crippen LogP contribution in [0.5, 0.6) is 0 Å². The summed E-state index contributed by atoms with van der Waals surface area (Å²) in [6.07, 6.45) is 8.74. The van der Waals surface area contributed by atoms with E-state index in [9.17, 15) is 0 Å². The fourth-order valence-electron chi connectivity index (χ4n) is 2.20. The third-order valence-electron chi connectivity index (χ3n) is 3.22. The first kappa shape index (κ1) is 12.0. The van der Waals surface area contributed by atoms with Gasteiger partial charge in [0, 0.05) is 0 Å². The Morgan fingerprint density at radius 3 is 3.05 bits per heavy atom. The molecule has 0 aliphatic carbocycles. The summed E-state index contributed by atoms with van der Waals surface area (Å²) in [5, 5.41) is 0. The van der Waals surface area contributed by atoms with Gasteiger partial charge in [0.05, 0.1) is 6.54 Å². The summed E-state index contributed by atoms with van der Waals surface area (Å²) in [5.74, 6) is 0.874. The predicted molar refractivity (Wildman–Crippen MR) is 73.7 cm³/mol. The number of benzene rings is 1. The highest BCUT2D eigenvalue weighted by Crippen LogP contribution is 2.08. The van der Waals surface area contributed by atoms with Gasteiger partial charge in [0.2, 0.25) is 6.33 Å². The number of nitrogens with zero attached hydrogens (tertiary/aromatic N) is 4. The fourth-order valence-corrected chi connectivity index (χ4v) is 2.20. The molecule has 0 atom stereocenters. The van der Waals surface area contributed by atoms with Crippen molar-refractivity contribution >= 4 is 11.0 Å². The standard InChI is InChI=1S/C15H18N4/c1-2-3-8-18-9-10-19(12-18)11-15-16-13-6-4-5-7-14(13)17-15/h4-7,9-10,12H,2-3,8,11H2,1H3. The third kappa shape index (κ3) is 2.67. The second kappa shape index (κ2) is 5.26. The molecule has 0 amide bonds. The molecule has 0 aliphatic rings. The Kier molecular flexibility index (Phi) is 3.31. The number of aryl methyl sites for hydroxylation is 1. The van der Waals surface area contributed by atoms with Gasteiger partial charge >= 0.3 is 0 Å². The molecule has 0 unspecified atom stereocenters. The Morgan fingerprint density at radius 1 is 1.32 bits per heavy atom. The molecule has 0 spiro atoms. The second-order valence-electron chi connectivity index (χ2n) is 4.81. The van der Waals surface area contributed by atoms with E-state index in [4.69, 9.17) is 0 Å². The van der Waals surface area contributed by atoms with Crippen LogP contribution in [0, 0.1) is 0 Å². The van der Waals surface area contributed by atoms with Crippen molar-refractivity contribution in [2.45, 2.75) is 32.9 Å². The Bertz CT molecular complexity index is 632. The number of para-hydroxylation sites is 2.